The van der Waals surface area contributed by atoms with E-state index in [1.165, 1.54) is 37.4 Å². The van der Waals surface area contributed by atoms with E-state index in [1.54, 1.807) is 19.1 Å². The highest BCUT2D eigenvalue weighted by Crippen LogP contribution is 2.45. The monoisotopic (exact) mass is 356 g/mol. The maximum atomic E-state index is 14.1. The van der Waals surface area contributed by atoms with Crippen molar-refractivity contribution in [1.82, 2.24) is 9.55 Å². The van der Waals surface area contributed by atoms with E-state index in [4.69, 9.17) is 4.74 Å². The average molecular weight is 356 g/mol. The normalized spacial score (nSPS) is 12.6. The zero-order valence-electron chi connectivity index (χ0n) is 13.2. The molecule has 1 heterocycles. The fraction of sp³-hybridized carbons (Fsp3) is 0.235. The van der Waals surface area contributed by atoms with Crippen LogP contribution in [0.15, 0.2) is 42.5 Å². The number of alkyl halides is 5. The molecule has 0 bridgehead atoms. The topological polar surface area (TPSA) is 27.1 Å². The first-order valence-corrected chi connectivity index (χ1v) is 7.24. The lowest BCUT2D eigenvalue weighted by Crippen LogP contribution is -2.36. The zero-order valence-corrected chi connectivity index (χ0v) is 13.2. The number of aromatic nitrogens is 2. The molecule has 0 radical (unpaired) electrons. The molecule has 0 spiro atoms. The lowest BCUT2D eigenvalue weighted by molar-refractivity contribution is -0.292. The van der Waals surface area contributed by atoms with Gasteiger partial charge in [-0.3, -0.25) is 4.57 Å². The molecule has 0 atom stereocenters. The Kier molecular flexibility index (Phi) is 3.93. The Balaban J connectivity index is 2.36. The zero-order chi connectivity index (χ0) is 18.4. The molecule has 0 saturated carbocycles. The molecule has 0 saturated heterocycles. The molecular weight excluding hydrogens is 343 g/mol. The number of halogens is 5. The van der Waals surface area contributed by atoms with Crippen molar-refractivity contribution in [3.05, 3.63) is 53.9 Å². The summed E-state index contributed by atoms with van der Waals surface area (Å²) in [5.74, 6) is -6.00. The molecule has 0 N–H and O–H groups in total. The van der Waals surface area contributed by atoms with Crippen molar-refractivity contribution in [1.29, 1.82) is 0 Å². The lowest BCUT2D eigenvalue weighted by atomic mass is 10.1. The standard InChI is InChI=1S/C17H13F5N2O/c1-10-9-11(25-2)7-8-13(10)24-14-6-4-3-5-12(14)23-15(24)16(18,19)17(20,21)22/h3-9H,1-2H3. The average Bonchev–Trinajstić information content (AvgIpc) is 2.93. The molecule has 3 aromatic rings. The van der Waals surface area contributed by atoms with Gasteiger partial charge in [0, 0.05) is 0 Å². The van der Waals surface area contributed by atoms with Crippen molar-refractivity contribution in [3.63, 3.8) is 0 Å². The molecule has 0 unspecified atom stereocenters. The number of benzene rings is 2. The van der Waals surface area contributed by atoms with Gasteiger partial charge >= 0.3 is 12.1 Å². The summed E-state index contributed by atoms with van der Waals surface area (Å²) in [6.07, 6.45) is -5.76. The van der Waals surface area contributed by atoms with Crippen LogP contribution in [0.3, 0.4) is 0 Å². The molecule has 0 aliphatic rings. The third kappa shape index (κ3) is 2.71. The van der Waals surface area contributed by atoms with Crippen LogP contribution in [0.5, 0.6) is 5.75 Å². The van der Waals surface area contributed by atoms with E-state index in [2.05, 4.69) is 4.98 Å². The van der Waals surface area contributed by atoms with Crippen molar-refractivity contribution in [2.45, 2.75) is 19.0 Å². The molecule has 3 rings (SSSR count). The van der Waals surface area contributed by atoms with E-state index in [0.717, 1.165) is 4.57 Å². The first-order valence-electron chi connectivity index (χ1n) is 7.24. The van der Waals surface area contributed by atoms with Gasteiger partial charge < -0.3 is 4.74 Å². The van der Waals surface area contributed by atoms with Crippen LogP contribution in [0.25, 0.3) is 16.7 Å². The number of imidazole rings is 1. The van der Waals surface area contributed by atoms with Crippen LogP contribution < -0.4 is 4.74 Å². The molecule has 3 nitrogen and oxygen atoms in total. The number of hydrogen-bond donors (Lipinski definition) is 0. The quantitative estimate of drug-likeness (QED) is 0.618. The summed E-state index contributed by atoms with van der Waals surface area (Å²) in [6, 6.07) is 10.4. The fourth-order valence-corrected chi connectivity index (χ4v) is 2.61. The molecule has 0 fully saturated rings. The number of nitrogens with zero attached hydrogens (tertiary/aromatic N) is 2. The summed E-state index contributed by atoms with van der Waals surface area (Å²) in [6.45, 7) is 1.60. The molecule has 25 heavy (non-hydrogen) atoms. The van der Waals surface area contributed by atoms with Gasteiger partial charge in [-0.1, -0.05) is 12.1 Å². The Hall–Kier alpha value is -2.64. The Bertz CT molecular complexity index is 930. The Labute approximate surface area is 139 Å². The van der Waals surface area contributed by atoms with Gasteiger partial charge in [0.05, 0.1) is 23.8 Å². The van der Waals surface area contributed by atoms with Gasteiger partial charge in [-0.15, -0.1) is 0 Å². The SMILES string of the molecule is COc1ccc(-n2c(C(F)(F)C(F)(F)F)nc3ccccc32)c(C)c1. The molecule has 0 amide bonds. The summed E-state index contributed by atoms with van der Waals surface area (Å²) < 4.78 is 72.9. The molecular formula is C17H13F5N2O. The lowest BCUT2D eigenvalue weighted by Gasteiger charge is -2.21. The van der Waals surface area contributed by atoms with Crippen LogP contribution in [0, 0.1) is 6.92 Å². The van der Waals surface area contributed by atoms with E-state index < -0.39 is 17.9 Å². The number of ether oxygens (including phenoxy) is 1. The second kappa shape index (κ2) is 5.72. The van der Waals surface area contributed by atoms with Crippen LogP contribution in [0.1, 0.15) is 11.4 Å². The van der Waals surface area contributed by atoms with Crippen LogP contribution in [-0.2, 0) is 5.92 Å². The predicted molar refractivity (Wildman–Crippen MR) is 82.3 cm³/mol. The number of methoxy groups -OCH3 is 1. The first-order chi connectivity index (χ1) is 11.7. The summed E-state index contributed by atoms with van der Waals surface area (Å²) in [5.41, 5.74) is 0.862. The second-order valence-electron chi connectivity index (χ2n) is 5.48. The minimum Gasteiger partial charge on any atom is -0.497 e. The maximum absolute atomic E-state index is 14.1. The van der Waals surface area contributed by atoms with Gasteiger partial charge in [0.15, 0.2) is 5.82 Å². The van der Waals surface area contributed by atoms with Crippen molar-refractivity contribution in [2.75, 3.05) is 7.11 Å². The van der Waals surface area contributed by atoms with Crippen LogP contribution >= 0.6 is 0 Å². The molecule has 1 aromatic heterocycles. The molecule has 0 aliphatic carbocycles. The van der Waals surface area contributed by atoms with E-state index in [-0.39, 0.29) is 16.7 Å². The highest BCUT2D eigenvalue weighted by Gasteiger charge is 2.62. The number of para-hydroxylation sites is 2. The number of hydrogen-bond acceptors (Lipinski definition) is 2. The van der Waals surface area contributed by atoms with Crippen LogP contribution in [0.2, 0.25) is 0 Å². The van der Waals surface area contributed by atoms with E-state index in [1.807, 2.05) is 0 Å². The van der Waals surface area contributed by atoms with Crippen molar-refractivity contribution >= 4 is 11.0 Å². The van der Waals surface area contributed by atoms with Crippen LogP contribution in [0.4, 0.5) is 22.0 Å². The molecule has 8 heteroatoms. The Morgan fingerprint density at radius 1 is 1.00 bits per heavy atom. The predicted octanol–water partition coefficient (Wildman–Crippen LogP) is 5.00. The van der Waals surface area contributed by atoms with Gasteiger partial charge in [-0.2, -0.15) is 22.0 Å². The van der Waals surface area contributed by atoms with Gasteiger partial charge in [0.2, 0.25) is 0 Å². The van der Waals surface area contributed by atoms with Crippen molar-refractivity contribution in [3.8, 4) is 11.4 Å². The smallest absolute Gasteiger partial charge is 0.461 e. The largest absolute Gasteiger partial charge is 0.497 e. The Morgan fingerprint density at radius 3 is 2.28 bits per heavy atom. The first kappa shape index (κ1) is 17.2. The third-order valence-corrected chi connectivity index (χ3v) is 3.84. The van der Waals surface area contributed by atoms with E-state index >= 15 is 0 Å². The van der Waals surface area contributed by atoms with Gasteiger partial charge in [0.1, 0.15) is 5.75 Å². The summed E-state index contributed by atoms with van der Waals surface area (Å²) in [7, 11) is 1.43. The van der Waals surface area contributed by atoms with E-state index in [0.29, 0.717) is 11.3 Å². The number of rotatable bonds is 3. The maximum Gasteiger partial charge on any atom is 0.461 e. The number of aryl methyl sites for hydroxylation is 1. The summed E-state index contributed by atoms with van der Waals surface area (Å²) in [5, 5.41) is 0. The van der Waals surface area contributed by atoms with Crippen molar-refractivity contribution < 1.29 is 26.7 Å². The summed E-state index contributed by atoms with van der Waals surface area (Å²) in [4.78, 5) is 3.57. The van der Waals surface area contributed by atoms with Crippen LogP contribution in [-0.4, -0.2) is 22.8 Å². The fourth-order valence-electron chi connectivity index (χ4n) is 2.61. The van der Waals surface area contributed by atoms with Gasteiger partial charge in [0.25, 0.3) is 0 Å². The highest BCUT2D eigenvalue weighted by molar-refractivity contribution is 5.79. The van der Waals surface area contributed by atoms with Crippen molar-refractivity contribution in [2.24, 2.45) is 0 Å². The minimum atomic E-state index is -5.76. The highest BCUT2D eigenvalue weighted by atomic mass is 19.4. The molecule has 0 aliphatic heterocycles. The summed E-state index contributed by atoms with van der Waals surface area (Å²) >= 11 is 0. The van der Waals surface area contributed by atoms with Gasteiger partial charge in [-0.05, 0) is 42.8 Å². The Morgan fingerprint density at radius 2 is 1.68 bits per heavy atom. The minimum absolute atomic E-state index is 0.0524. The number of fused-ring (bicyclic) bond motifs is 1. The van der Waals surface area contributed by atoms with E-state index in [9.17, 15) is 22.0 Å². The molecule has 132 valence electrons. The molecule has 2 aromatic carbocycles. The second-order valence-corrected chi connectivity index (χ2v) is 5.48. The third-order valence-electron chi connectivity index (χ3n) is 3.84. The van der Waals surface area contributed by atoms with Gasteiger partial charge in [-0.25, -0.2) is 4.98 Å².